The van der Waals surface area contributed by atoms with Gasteiger partial charge in [-0.2, -0.15) is 5.26 Å². The summed E-state index contributed by atoms with van der Waals surface area (Å²) in [4.78, 5) is 42.4. The van der Waals surface area contributed by atoms with E-state index in [-0.39, 0.29) is 19.1 Å². The second-order valence-corrected chi connectivity index (χ2v) is 8.11. The Labute approximate surface area is 197 Å². The molecule has 4 rings (SSSR count). The van der Waals surface area contributed by atoms with Crippen LogP contribution in [-0.4, -0.2) is 62.1 Å². The highest BCUT2D eigenvalue weighted by Crippen LogP contribution is 2.31. The summed E-state index contributed by atoms with van der Waals surface area (Å²) in [7, 11) is 2.98. The van der Waals surface area contributed by atoms with Gasteiger partial charge in [-0.1, -0.05) is 0 Å². The number of benzene rings is 2. The fourth-order valence-corrected chi connectivity index (χ4v) is 4.31. The third-order valence-electron chi connectivity index (χ3n) is 6.07. The molecule has 0 bridgehead atoms. The van der Waals surface area contributed by atoms with Crippen LogP contribution in [-0.2, 0) is 14.3 Å². The van der Waals surface area contributed by atoms with Crippen LogP contribution in [0.5, 0.6) is 11.5 Å². The Morgan fingerprint density at radius 2 is 1.88 bits per heavy atom. The quantitative estimate of drug-likeness (QED) is 0.581. The smallest absolute Gasteiger partial charge is 0.257 e. The number of nitrogens with zero attached hydrogens (tertiary/aromatic N) is 3. The Hall–Kier alpha value is -3.90. The third kappa shape index (κ3) is 4.45. The number of hydrogen-bond donors (Lipinski definition) is 0. The molecule has 34 heavy (non-hydrogen) atoms. The van der Waals surface area contributed by atoms with E-state index in [0.29, 0.717) is 34.9 Å². The predicted molar refractivity (Wildman–Crippen MR) is 122 cm³/mol. The number of carbonyl (C=O) groups is 3. The maximum Gasteiger partial charge on any atom is 0.257 e. The molecule has 9 nitrogen and oxygen atoms in total. The molecule has 2 saturated heterocycles. The van der Waals surface area contributed by atoms with Gasteiger partial charge >= 0.3 is 0 Å². The molecule has 0 aliphatic carbocycles. The molecule has 2 aromatic rings. The van der Waals surface area contributed by atoms with Crippen molar-refractivity contribution in [2.24, 2.45) is 0 Å². The van der Waals surface area contributed by atoms with Crippen molar-refractivity contribution in [3.63, 3.8) is 0 Å². The Balaban J connectivity index is 1.65. The zero-order valence-corrected chi connectivity index (χ0v) is 19.0. The van der Waals surface area contributed by atoms with E-state index in [1.54, 1.807) is 42.5 Å². The average molecular weight is 463 g/mol. The number of anilines is 1. The normalized spacial score (nSPS) is 19.7. The SMILES string of the molecule is COc1ccc(C(=O)N(CC2CCCO2)C2CC(=O)N(c3ccc(C#N)cc3)C2=O)cc1OC. The molecule has 0 aromatic heterocycles. The van der Waals surface area contributed by atoms with Gasteiger partial charge in [-0.25, -0.2) is 4.90 Å². The van der Waals surface area contributed by atoms with Crippen molar-refractivity contribution in [3.05, 3.63) is 53.6 Å². The molecule has 0 radical (unpaired) electrons. The Bertz CT molecular complexity index is 1130. The fraction of sp³-hybridized carbons (Fsp3) is 0.360. The molecule has 0 N–H and O–H groups in total. The van der Waals surface area contributed by atoms with Gasteiger partial charge in [0.2, 0.25) is 5.91 Å². The first-order valence-electron chi connectivity index (χ1n) is 11.0. The standard InChI is InChI=1S/C25H25N3O6/c1-32-21-10-7-17(12-22(21)33-2)24(30)27(15-19-4-3-11-34-19)20-13-23(29)28(25(20)31)18-8-5-16(14-26)6-9-18/h5-10,12,19-20H,3-4,11,13,15H2,1-2H3. The van der Waals surface area contributed by atoms with Gasteiger partial charge in [0, 0.05) is 18.7 Å². The van der Waals surface area contributed by atoms with Crippen LogP contribution in [0.4, 0.5) is 5.69 Å². The second kappa shape index (κ2) is 9.93. The lowest BCUT2D eigenvalue weighted by Crippen LogP contribution is -2.48. The summed E-state index contributed by atoms with van der Waals surface area (Å²) in [6, 6.07) is 12.0. The summed E-state index contributed by atoms with van der Waals surface area (Å²) in [5, 5.41) is 9.02. The lowest BCUT2D eigenvalue weighted by molar-refractivity contribution is -0.122. The van der Waals surface area contributed by atoms with Crippen molar-refractivity contribution in [3.8, 4) is 17.6 Å². The van der Waals surface area contributed by atoms with E-state index >= 15 is 0 Å². The number of imide groups is 1. The molecule has 2 atom stereocenters. The highest BCUT2D eigenvalue weighted by Gasteiger charge is 2.45. The zero-order chi connectivity index (χ0) is 24.2. The number of ether oxygens (including phenoxy) is 3. The van der Waals surface area contributed by atoms with Crippen molar-refractivity contribution in [1.29, 1.82) is 5.26 Å². The lowest BCUT2D eigenvalue weighted by atomic mass is 10.1. The first-order valence-corrected chi connectivity index (χ1v) is 11.0. The van der Waals surface area contributed by atoms with Crippen LogP contribution in [0, 0.1) is 11.3 Å². The predicted octanol–water partition coefficient (Wildman–Crippen LogP) is 2.53. The van der Waals surface area contributed by atoms with E-state index in [1.807, 2.05) is 6.07 Å². The zero-order valence-electron chi connectivity index (χ0n) is 19.0. The third-order valence-corrected chi connectivity index (χ3v) is 6.07. The van der Waals surface area contributed by atoms with E-state index in [4.69, 9.17) is 19.5 Å². The summed E-state index contributed by atoms with van der Waals surface area (Å²) in [5.74, 6) is -0.426. The van der Waals surface area contributed by atoms with Gasteiger partial charge in [0.25, 0.3) is 11.8 Å². The molecule has 0 spiro atoms. The van der Waals surface area contributed by atoms with E-state index in [1.165, 1.54) is 19.1 Å². The van der Waals surface area contributed by atoms with Gasteiger partial charge in [-0.15, -0.1) is 0 Å². The molecular weight excluding hydrogens is 438 g/mol. The van der Waals surface area contributed by atoms with E-state index in [2.05, 4.69) is 0 Å². The van der Waals surface area contributed by atoms with Crippen LogP contribution in [0.1, 0.15) is 35.2 Å². The molecular formula is C25H25N3O6. The molecule has 0 saturated carbocycles. The number of rotatable bonds is 7. The number of amides is 3. The topological polar surface area (TPSA) is 109 Å². The molecule has 3 amide bonds. The Kier molecular flexibility index (Phi) is 6.80. The van der Waals surface area contributed by atoms with Crippen molar-refractivity contribution >= 4 is 23.4 Å². The monoisotopic (exact) mass is 463 g/mol. The summed E-state index contributed by atoms with van der Waals surface area (Å²) in [5.41, 5.74) is 1.10. The van der Waals surface area contributed by atoms with Gasteiger partial charge < -0.3 is 19.1 Å². The van der Waals surface area contributed by atoms with Gasteiger partial charge in [-0.05, 0) is 55.3 Å². The van der Waals surface area contributed by atoms with Crippen LogP contribution in [0.15, 0.2) is 42.5 Å². The van der Waals surface area contributed by atoms with Crippen molar-refractivity contribution in [2.45, 2.75) is 31.4 Å². The highest BCUT2D eigenvalue weighted by molar-refractivity contribution is 6.23. The minimum atomic E-state index is -0.965. The molecule has 2 aliphatic rings. The summed E-state index contributed by atoms with van der Waals surface area (Å²) in [6.45, 7) is 0.788. The minimum absolute atomic E-state index is 0.134. The maximum absolute atomic E-state index is 13.6. The van der Waals surface area contributed by atoms with Gasteiger partial charge in [0.15, 0.2) is 11.5 Å². The van der Waals surface area contributed by atoms with Crippen LogP contribution >= 0.6 is 0 Å². The lowest BCUT2D eigenvalue weighted by Gasteiger charge is -2.30. The Morgan fingerprint density at radius 1 is 1.15 bits per heavy atom. The van der Waals surface area contributed by atoms with Crippen LogP contribution in [0.2, 0.25) is 0 Å². The molecule has 9 heteroatoms. The molecule has 2 aliphatic heterocycles. The van der Waals surface area contributed by atoms with Crippen LogP contribution < -0.4 is 14.4 Å². The highest BCUT2D eigenvalue weighted by atomic mass is 16.5. The van der Waals surface area contributed by atoms with Crippen molar-refractivity contribution in [2.75, 3.05) is 32.3 Å². The van der Waals surface area contributed by atoms with E-state index < -0.39 is 23.8 Å². The maximum atomic E-state index is 13.6. The minimum Gasteiger partial charge on any atom is -0.493 e. The largest absolute Gasteiger partial charge is 0.493 e. The van der Waals surface area contributed by atoms with Gasteiger partial charge in [0.1, 0.15) is 6.04 Å². The van der Waals surface area contributed by atoms with E-state index in [9.17, 15) is 14.4 Å². The van der Waals surface area contributed by atoms with Gasteiger partial charge in [-0.3, -0.25) is 14.4 Å². The summed E-state index contributed by atoms with van der Waals surface area (Å²) in [6.07, 6.45) is 1.29. The van der Waals surface area contributed by atoms with Crippen LogP contribution in [0.25, 0.3) is 0 Å². The van der Waals surface area contributed by atoms with Crippen molar-refractivity contribution in [1.82, 2.24) is 4.90 Å². The molecule has 2 unspecified atom stereocenters. The number of methoxy groups -OCH3 is 2. The second-order valence-electron chi connectivity index (χ2n) is 8.11. The first-order chi connectivity index (χ1) is 16.5. The molecule has 2 heterocycles. The van der Waals surface area contributed by atoms with Crippen LogP contribution in [0.3, 0.4) is 0 Å². The summed E-state index contributed by atoms with van der Waals surface area (Å²) < 4.78 is 16.3. The van der Waals surface area contributed by atoms with Crippen molar-refractivity contribution < 1.29 is 28.6 Å². The van der Waals surface area contributed by atoms with Gasteiger partial charge in [0.05, 0.1) is 44.1 Å². The first kappa shape index (κ1) is 23.3. The molecule has 2 fully saturated rings. The summed E-state index contributed by atoms with van der Waals surface area (Å²) >= 11 is 0. The molecule has 176 valence electrons. The average Bonchev–Trinajstić information content (AvgIpc) is 3.48. The fourth-order valence-electron chi connectivity index (χ4n) is 4.31. The number of carbonyl (C=O) groups excluding carboxylic acids is 3. The Morgan fingerprint density at radius 3 is 2.50 bits per heavy atom. The van der Waals surface area contributed by atoms with E-state index in [0.717, 1.165) is 17.7 Å². The molecule has 2 aromatic carbocycles. The number of hydrogen-bond acceptors (Lipinski definition) is 7. The number of nitriles is 1.